The predicted molar refractivity (Wildman–Crippen MR) is 86.5 cm³/mol. The summed E-state index contributed by atoms with van der Waals surface area (Å²) in [7, 11) is 0. The molecular weight excluding hydrogens is 296 g/mol. The van der Waals surface area contributed by atoms with Crippen LogP contribution in [0.5, 0.6) is 5.75 Å². The Morgan fingerprint density at radius 3 is 2.43 bits per heavy atom. The maximum atomic E-state index is 11.9. The number of nitrogens with one attached hydrogen (secondary N) is 2. The summed E-state index contributed by atoms with van der Waals surface area (Å²) in [5, 5.41) is 5.16. The van der Waals surface area contributed by atoms with Gasteiger partial charge >= 0.3 is 12.0 Å². The molecule has 0 aliphatic rings. The molecule has 0 radical (unpaired) electrons. The van der Waals surface area contributed by atoms with Gasteiger partial charge in [0.2, 0.25) is 0 Å². The fraction of sp³-hybridized carbons (Fsp3) is 0.176. The molecule has 2 aromatic rings. The highest BCUT2D eigenvalue weighted by Gasteiger charge is 2.13. The molecule has 0 saturated heterocycles. The third-order valence-electron chi connectivity index (χ3n) is 2.89. The lowest BCUT2D eigenvalue weighted by atomic mass is 10.2. The zero-order valence-corrected chi connectivity index (χ0v) is 12.7. The Labute approximate surface area is 134 Å². The average Bonchev–Trinajstić information content (AvgIpc) is 2.56. The fourth-order valence-corrected chi connectivity index (χ4v) is 1.85. The van der Waals surface area contributed by atoms with Gasteiger partial charge in [0.25, 0.3) is 0 Å². The summed E-state index contributed by atoms with van der Waals surface area (Å²) in [5.41, 5.74) is 0.677. The van der Waals surface area contributed by atoms with Crippen LogP contribution in [-0.2, 0) is 4.74 Å². The van der Waals surface area contributed by atoms with Crippen LogP contribution in [0.2, 0.25) is 0 Å². The second-order valence-electron chi connectivity index (χ2n) is 4.50. The zero-order chi connectivity index (χ0) is 16.5. The summed E-state index contributed by atoms with van der Waals surface area (Å²) in [5.74, 6) is 0.170. The zero-order valence-electron chi connectivity index (χ0n) is 12.7. The molecule has 0 saturated carbocycles. The molecule has 0 bridgehead atoms. The van der Waals surface area contributed by atoms with E-state index in [4.69, 9.17) is 9.47 Å². The van der Waals surface area contributed by atoms with Crippen molar-refractivity contribution in [3.63, 3.8) is 0 Å². The van der Waals surface area contributed by atoms with Gasteiger partial charge in [-0.3, -0.25) is 0 Å². The Kier molecular flexibility index (Phi) is 5.99. The number of benzene rings is 2. The predicted octanol–water partition coefficient (Wildman–Crippen LogP) is 3.02. The molecule has 0 unspecified atom stereocenters. The van der Waals surface area contributed by atoms with Crippen molar-refractivity contribution in [2.24, 2.45) is 0 Å². The number of esters is 1. The maximum absolute atomic E-state index is 11.9. The molecule has 2 N–H and O–H groups in total. The Balaban J connectivity index is 1.89. The summed E-state index contributed by atoms with van der Waals surface area (Å²) < 4.78 is 10.3. The number of rotatable bonds is 6. The Bertz CT molecular complexity index is 659. The molecule has 0 aliphatic carbocycles. The van der Waals surface area contributed by atoms with E-state index < -0.39 is 12.0 Å². The lowest BCUT2D eigenvalue weighted by Crippen LogP contribution is -2.32. The summed E-state index contributed by atoms with van der Waals surface area (Å²) in [6.07, 6.45) is 0. The minimum atomic E-state index is -0.482. The summed E-state index contributed by atoms with van der Waals surface area (Å²) in [4.78, 5) is 23.7. The molecule has 2 aromatic carbocycles. The number of carbonyl (C=O) groups excluding carboxylic acids is 2. The van der Waals surface area contributed by atoms with Gasteiger partial charge in [-0.05, 0) is 31.2 Å². The van der Waals surface area contributed by atoms with E-state index in [1.165, 1.54) is 0 Å². The van der Waals surface area contributed by atoms with E-state index >= 15 is 0 Å². The molecule has 0 fully saturated rings. The fourth-order valence-electron chi connectivity index (χ4n) is 1.85. The number of carbonyl (C=O) groups is 2. The first kappa shape index (κ1) is 16.4. The van der Waals surface area contributed by atoms with Gasteiger partial charge in [-0.25, -0.2) is 9.59 Å². The Morgan fingerprint density at radius 1 is 1.00 bits per heavy atom. The molecular formula is C17H18N2O4. The van der Waals surface area contributed by atoms with Crippen LogP contribution in [0.15, 0.2) is 54.6 Å². The lowest BCUT2D eigenvalue weighted by Gasteiger charge is -2.12. The topological polar surface area (TPSA) is 76.7 Å². The van der Waals surface area contributed by atoms with Crippen LogP contribution in [0.1, 0.15) is 17.3 Å². The van der Waals surface area contributed by atoms with E-state index in [1.54, 1.807) is 43.3 Å². The summed E-state index contributed by atoms with van der Waals surface area (Å²) in [6.45, 7) is 2.00. The van der Waals surface area contributed by atoms with Crippen LogP contribution in [0.25, 0.3) is 0 Å². The van der Waals surface area contributed by atoms with Crippen LogP contribution in [0.3, 0.4) is 0 Å². The molecule has 0 heterocycles. The third kappa shape index (κ3) is 5.03. The highest BCUT2D eigenvalue weighted by molar-refractivity contribution is 6.00. The summed E-state index contributed by atoms with van der Waals surface area (Å²) >= 11 is 0. The first-order chi connectivity index (χ1) is 11.2. The molecule has 23 heavy (non-hydrogen) atoms. The molecule has 2 rings (SSSR count). The van der Waals surface area contributed by atoms with Crippen molar-refractivity contribution < 1.29 is 19.1 Å². The van der Waals surface area contributed by atoms with Crippen LogP contribution in [-0.4, -0.2) is 25.3 Å². The number of urea groups is 1. The molecule has 0 spiro atoms. The monoisotopic (exact) mass is 314 g/mol. The largest absolute Gasteiger partial charge is 0.473 e. The number of hydrogen-bond acceptors (Lipinski definition) is 4. The van der Waals surface area contributed by atoms with Gasteiger partial charge in [-0.2, -0.15) is 0 Å². The molecule has 120 valence electrons. The second-order valence-corrected chi connectivity index (χ2v) is 4.50. The molecule has 0 atom stereocenters. The van der Waals surface area contributed by atoms with Crippen LogP contribution < -0.4 is 15.4 Å². The van der Waals surface area contributed by atoms with Gasteiger partial charge in [0.1, 0.15) is 5.75 Å². The normalized spacial score (nSPS) is 9.78. The number of anilines is 1. The Hall–Kier alpha value is -3.02. The molecule has 0 aliphatic heterocycles. The van der Waals surface area contributed by atoms with Crippen LogP contribution in [0, 0.1) is 0 Å². The van der Waals surface area contributed by atoms with Gasteiger partial charge in [0.05, 0.1) is 17.9 Å². The van der Waals surface area contributed by atoms with Gasteiger partial charge in [-0.1, -0.05) is 30.3 Å². The van der Waals surface area contributed by atoms with Gasteiger partial charge in [0, 0.05) is 0 Å². The number of hydrogen-bond donors (Lipinski definition) is 2. The smallest absolute Gasteiger partial charge is 0.340 e. The first-order valence-corrected chi connectivity index (χ1v) is 7.19. The minimum Gasteiger partial charge on any atom is -0.473 e. The quantitative estimate of drug-likeness (QED) is 0.635. The van der Waals surface area contributed by atoms with Gasteiger partial charge in [-0.15, -0.1) is 0 Å². The standard InChI is InChI=1S/C17H18N2O4/c1-2-22-16(20)14-10-6-7-11-15(14)19-17(21)18-12-23-13-8-4-3-5-9-13/h3-11H,2,12H2,1H3,(H2,18,19,21). The van der Waals surface area contributed by atoms with Gasteiger partial charge < -0.3 is 20.1 Å². The van der Waals surface area contributed by atoms with Crippen molar-refractivity contribution in [1.82, 2.24) is 5.32 Å². The van der Waals surface area contributed by atoms with E-state index in [0.717, 1.165) is 0 Å². The number of ether oxygens (including phenoxy) is 2. The minimum absolute atomic E-state index is 0.0113. The highest BCUT2D eigenvalue weighted by atomic mass is 16.5. The van der Waals surface area contributed by atoms with Crippen molar-refractivity contribution in [2.45, 2.75) is 6.92 Å². The SMILES string of the molecule is CCOC(=O)c1ccccc1NC(=O)NCOc1ccccc1. The van der Waals surface area contributed by atoms with Crippen molar-refractivity contribution in [3.8, 4) is 5.75 Å². The molecule has 2 amide bonds. The van der Waals surface area contributed by atoms with Gasteiger partial charge in [0.15, 0.2) is 6.73 Å². The average molecular weight is 314 g/mol. The second kappa shape index (κ2) is 8.43. The van der Waals surface area contributed by atoms with Crippen LogP contribution in [0.4, 0.5) is 10.5 Å². The number of para-hydroxylation sites is 2. The molecule has 6 heteroatoms. The molecule has 6 nitrogen and oxygen atoms in total. The van der Waals surface area contributed by atoms with Crippen molar-refractivity contribution >= 4 is 17.7 Å². The molecule has 0 aromatic heterocycles. The van der Waals surface area contributed by atoms with Crippen LogP contribution >= 0.6 is 0 Å². The van der Waals surface area contributed by atoms with Crippen molar-refractivity contribution in [1.29, 1.82) is 0 Å². The van der Waals surface area contributed by atoms with E-state index in [1.807, 2.05) is 18.2 Å². The first-order valence-electron chi connectivity index (χ1n) is 7.19. The van der Waals surface area contributed by atoms with E-state index in [0.29, 0.717) is 17.0 Å². The highest BCUT2D eigenvalue weighted by Crippen LogP contribution is 2.16. The van der Waals surface area contributed by atoms with E-state index in [-0.39, 0.29) is 13.3 Å². The Morgan fingerprint density at radius 2 is 1.70 bits per heavy atom. The summed E-state index contributed by atoms with van der Waals surface area (Å²) in [6, 6.07) is 15.3. The maximum Gasteiger partial charge on any atom is 0.340 e. The van der Waals surface area contributed by atoms with Crippen molar-refractivity contribution in [2.75, 3.05) is 18.7 Å². The van der Waals surface area contributed by atoms with Crippen molar-refractivity contribution in [3.05, 3.63) is 60.2 Å². The lowest BCUT2D eigenvalue weighted by molar-refractivity contribution is 0.0527. The van der Waals surface area contributed by atoms with E-state index in [2.05, 4.69) is 10.6 Å². The number of amides is 2. The third-order valence-corrected chi connectivity index (χ3v) is 2.89. The van der Waals surface area contributed by atoms with E-state index in [9.17, 15) is 9.59 Å².